The summed E-state index contributed by atoms with van der Waals surface area (Å²) < 4.78 is 24.5. The number of hydrogen-bond acceptors (Lipinski definition) is 7. The molecule has 0 bridgehead atoms. The van der Waals surface area contributed by atoms with Gasteiger partial charge in [-0.25, -0.2) is 8.42 Å². The Hall–Kier alpha value is -3.25. The van der Waals surface area contributed by atoms with Gasteiger partial charge in [0.15, 0.2) is 15.6 Å². The minimum atomic E-state index is -3.53. The van der Waals surface area contributed by atoms with Crippen LogP contribution < -0.4 is 10.6 Å². The summed E-state index contributed by atoms with van der Waals surface area (Å²) in [6.45, 7) is 0.105. The van der Waals surface area contributed by atoms with Gasteiger partial charge in [-0.1, -0.05) is 12.5 Å². The van der Waals surface area contributed by atoms with E-state index >= 15 is 0 Å². The second kappa shape index (κ2) is 10.1. The van der Waals surface area contributed by atoms with Gasteiger partial charge >= 0.3 is 0 Å². The molecule has 1 aromatic heterocycles. The number of ketones is 1. The first-order valence-electron chi connectivity index (χ1n) is 12.9. The number of nitrogens with one attached hydrogen (secondary N) is 3. The number of carbonyl (C=O) groups is 4. The van der Waals surface area contributed by atoms with Gasteiger partial charge in [-0.3, -0.25) is 19.2 Å². The third-order valence-corrected chi connectivity index (χ3v) is 9.37. The third-order valence-electron chi connectivity index (χ3n) is 8.22. The molecule has 204 valence electrons. The average Bonchev–Trinajstić information content (AvgIpc) is 3.65. The number of H-pyrrole nitrogens is 1. The van der Waals surface area contributed by atoms with Crippen molar-refractivity contribution in [2.45, 2.75) is 49.1 Å². The number of likely N-dealkylation sites (tertiary alicyclic amines) is 1. The molecule has 3 aliphatic rings. The topological polar surface area (TPSA) is 166 Å². The number of benzene rings is 1. The predicted molar refractivity (Wildman–Crippen MR) is 137 cm³/mol. The maximum atomic E-state index is 13.7. The lowest BCUT2D eigenvalue weighted by atomic mass is 9.92. The Labute approximate surface area is 220 Å². The fourth-order valence-corrected chi connectivity index (χ4v) is 7.26. The van der Waals surface area contributed by atoms with Crippen molar-refractivity contribution < 1.29 is 32.7 Å². The van der Waals surface area contributed by atoms with Crippen molar-refractivity contribution >= 4 is 44.2 Å². The highest BCUT2D eigenvalue weighted by atomic mass is 32.2. The molecule has 2 aromatic rings. The number of Topliss-reactive ketones (excluding diaryl/α,β-unsaturated/α-hetero) is 1. The molecule has 0 radical (unpaired) electrons. The van der Waals surface area contributed by atoms with Crippen LogP contribution in [0.2, 0.25) is 0 Å². The Morgan fingerprint density at radius 1 is 1.21 bits per heavy atom. The molecule has 3 amide bonds. The maximum absolute atomic E-state index is 13.7. The monoisotopic (exact) mass is 544 g/mol. The van der Waals surface area contributed by atoms with Crippen LogP contribution in [0, 0.1) is 17.8 Å². The molecule has 11 nitrogen and oxygen atoms in total. The zero-order valence-corrected chi connectivity index (χ0v) is 21.9. The minimum absolute atomic E-state index is 0.0745. The summed E-state index contributed by atoms with van der Waals surface area (Å²) in [7, 11) is -3.53. The quantitative estimate of drug-likeness (QED) is 0.373. The summed E-state index contributed by atoms with van der Waals surface area (Å²) in [5.74, 6) is -2.04. The van der Waals surface area contributed by atoms with E-state index in [4.69, 9.17) is 0 Å². The van der Waals surface area contributed by atoms with E-state index in [-0.39, 0.29) is 34.8 Å². The number of hydrogen-bond donors (Lipinski definition) is 4. The van der Waals surface area contributed by atoms with Crippen LogP contribution in [0.15, 0.2) is 29.2 Å². The molecule has 5 unspecified atom stereocenters. The molecule has 5 rings (SSSR count). The maximum Gasteiger partial charge on any atom is 0.271 e. The number of amides is 3. The second-order valence-corrected chi connectivity index (χ2v) is 12.6. The van der Waals surface area contributed by atoms with Gasteiger partial charge in [0.1, 0.15) is 18.3 Å². The van der Waals surface area contributed by atoms with Gasteiger partial charge in [0, 0.05) is 36.2 Å². The van der Waals surface area contributed by atoms with Gasteiger partial charge in [0.05, 0.1) is 10.9 Å². The van der Waals surface area contributed by atoms with Crippen LogP contribution in [0.4, 0.5) is 0 Å². The van der Waals surface area contributed by atoms with Gasteiger partial charge < -0.3 is 25.6 Å². The highest BCUT2D eigenvalue weighted by Gasteiger charge is 2.50. The summed E-state index contributed by atoms with van der Waals surface area (Å²) in [6, 6.07) is 4.43. The number of rotatable bonds is 8. The number of sulfone groups is 1. The first-order valence-corrected chi connectivity index (χ1v) is 14.8. The molecule has 5 atom stereocenters. The molecule has 2 saturated heterocycles. The van der Waals surface area contributed by atoms with E-state index in [1.807, 2.05) is 0 Å². The largest absolute Gasteiger partial charge is 0.389 e. The standard InChI is InChI=1S/C26H32N4O7S/c1-38(36,37)22-7-3-6-18-17(22)11-20(28-18)26(35)30-12-15-4-2-5-16(15)23(30)25(34)29-19(21(32)13-31)10-14-8-9-27-24(14)33/h3,6-7,11,14-16,19,23,28,31H,2,4-5,8-10,12-13H2,1H3,(H,27,33)(H,29,34). The highest BCUT2D eigenvalue weighted by Crippen LogP contribution is 2.43. The van der Waals surface area contributed by atoms with Gasteiger partial charge in [0.2, 0.25) is 11.8 Å². The van der Waals surface area contributed by atoms with E-state index in [2.05, 4.69) is 15.6 Å². The fourth-order valence-electron chi connectivity index (χ4n) is 6.36. The van der Waals surface area contributed by atoms with Gasteiger partial charge in [-0.15, -0.1) is 0 Å². The van der Waals surface area contributed by atoms with E-state index in [9.17, 15) is 32.7 Å². The SMILES string of the molecule is CS(=O)(=O)c1cccc2[nH]c(C(=O)N3CC4CCCC4C3C(=O)NC(CC3CCNC3=O)C(=O)CO)cc12. The Balaban J connectivity index is 1.42. The highest BCUT2D eigenvalue weighted by molar-refractivity contribution is 7.91. The summed E-state index contributed by atoms with van der Waals surface area (Å²) in [5, 5.41) is 15.4. The summed E-state index contributed by atoms with van der Waals surface area (Å²) in [6.07, 6.45) is 4.32. The van der Waals surface area contributed by atoms with E-state index < -0.39 is 52.0 Å². The van der Waals surface area contributed by atoms with Crippen LogP contribution in [-0.4, -0.2) is 84.9 Å². The average molecular weight is 545 g/mol. The Bertz CT molecular complexity index is 1400. The van der Waals surface area contributed by atoms with Crippen LogP contribution in [0.1, 0.15) is 42.6 Å². The Morgan fingerprint density at radius 3 is 2.68 bits per heavy atom. The molecule has 3 heterocycles. The Morgan fingerprint density at radius 2 is 2.00 bits per heavy atom. The molecule has 12 heteroatoms. The van der Waals surface area contributed by atoms with E-state index in [1.54, 1.807) is 12.1 Å². The summed E-state index contributed by atoms with van der Waals surface area (Å²) in [5.41, 5.74) is 0.680. The van der Waals surface area contributed by atoms with Crippen molar-refractivity contribution in [1.29, 1.82) is 0 Å². The number of carbonyl (C=O) groups excluding carboxylic acids is 4. The zero-order chi connectivity index (χ0) is 27.2. The van der Waals surface area contributed by atoms with Crippen molar-refractivity contribution in [2.24, 2.45) is 17.8 Å². The number of aliphatic hydroxyl groups is 1. The number of aromatic nitrogens is 1. The number of fused-ring (bicyclic) bond motifs is 2. The lowest BCUT2D eigenvalue weighted by molar-refractivity contribution is -0.133. The van der Waals surface area contributed by atoms with E-state index in [0.29, 0.717) is 30.4 Å². The van der Waals surface area contributed by atoms with Crippen molar-refractivity contribution in [2.75, 3.05) is 26.0 Å². The number of aromatic amines is 1. The van der Waals surface area contributed by atoms with Crippen LogP contribution in [0.3, 0.4) is 0 Å². The zero-order valence-electron chi connectivity index (χ0n) is 21.1. The van der Waals surface area contributed by atoms with Gasteiger partial charge in [0.25, 0.3) is 5.91 Å². The van der Waals surface area contributed by atoms with Crippen molar-refractivity contribution in [3.05, 3.63) is 30.0 Å². The molecule has 1 aromatic carbocycles. The smallest absolute Gasteiger partial charge is 0.271 e. The molecule has 3 fully saturated rings. The van der Waals surface area contributed by atoms with Gasteiger partial charge in [-0.05, 0) is 55.7 Å². The molecule has 1 aliphatic carbocycles. The third kappa shape index (κ3) is 4.82. The normalized spacial score (nSPS) is 25.8. The van der Waals surface area contributed by atoms with E-state index in [1.165, 1.54) is 17.0 Å². The predicted octanol–water partition coefficient (Wildman–Crippen LogP) is 0.385. The van der Waals surface area contributed by atoms with Crippen LogP contribution in [-0.2, 0) is 24.2 Å². The number of nitrogens with zero attached hydrogens (tertiary/aromatic N) is 1. The molecule has 2 aliphatic heterocycles. The van der Waals surface area contributed by atoms with Crippen molar-refractivity contribution in [1.82, 2.24) is 20.5 Å². The van der Waals surface area contributed by atoms with Crippen LogP contribution >= 0.6 is 0 Å². The summed E-state index contributed by atoms with van der Waals surface area (Å²) >= 11 is 0. The first-order chi connectivity index (χ1) is 18.1. The molecular formula is C26H32N4O7S. The minimum Gasteiger partial charge on any atom is -0.389 e. The van der Waals surface area contributed by atoms with E-state index in [0.717, 1.165) is 25.5 Å². The van der Waals surface area contributed by atoms with Gasteiger partial charge in [-0.2, -0.15) is 0 Å². The van der Waals surface area contributed by atoms with Crippen molar-refractivity contribution in [3.63, 3.8) is 0 Å². The lowest BCUT2D eigenvalue weighted by Gasteiger charge is -2.29. The van der Waals surface area contributed by atoms with Crippen molar-refractivity contribution in [3.8, 4) is 0 Å². The van der Waals surface area contributed by atoms with Crippen LogP contribution in [0.5, 0.6) is 0 Å². The molecule has 0 spiro atoms. The number of aliphatic hydroxyl groups excluding tert-OH is 1. The fraction of sp³-hybridized carbons (Fsp3) is 0.538. The first kappa shape index (κ1) is 26.4. The Kier molecular flexibility index (Phi) is 7.03. The molecule has 1 saturated carbocycles. The van der Waals surface area contributed by atoms with Crippen LogP contribution in [0.25, 0.3) is 10.9 Å². The molecular weight excluding hydrogens is 512 g/mol. The molecule has 38 heavy (non-hydrogen) atoms. The summed E-state index contributed by atoms with van der Waals surface area (Å²) in [4.78, 5) is 56.6. The second-order valence-electron chi connectivity index (χ2n) is 10.6. The molecule has 4 N–H and O–H groups in total. The lowest BCUT2D eigenvalue weighted by Crippen LogP contribution is -2.53.